The SMILES string of the molecule is CCCNC(=O)c1ccnc(Nc2ccc(C)cc2Br)n1. The maximum Gasteiger partial charge on any atom is 0.270 e. The second-order valence-electron chi connectivity index (χ2n) is 4.63. The molecule has 0 saturated heterocycles. The van der Waals surface area contributed by atoms with E-state index in [2.05, 4.69) is 36.5 Å². The second kappa shape index (κ2) is 7.17. The lowest BCUT2D eigenvalue weighted by atomic mass is 10.2. The fourth-order valence-electron chi connectivity index (χ4n) is 1.72. The molecule has 0 radical (unpaired) electrons. The molecule has 110 valence electrons. The molecule has 2 rings (SSSR count). The van der Waals surface area contributed by atoms with Crippen LogP contribution in [0.1, 0.15) is 29.4 Å². The number of aryl methyl sites for hydroxylation is 1. The first-order valence-corrected chi connectivity index (χ1v) is 7.54. The van der Waals surface area contributed by atoms with Gasteiger partial charge >= 0.3 is 0 Å². The van der Waals surface area contributed by atoms with E-state index in [0.29, 0.717) is 18.2 Å². The van der Waals surface area contributed by atoms with Crippen LogP contribution in [0.5, 0.6) is 0 Å². The normalized spacial score (nSPS) is 10.2. The lowest BCUT2D eigenvalue weighted by Gasteiger charge is -2.09. The quantitative estimate of drug-likeness (QED) is 0.868. The molecule has 1 heterocycles. The van der Waals surface area contributed by atoms with E-state index in [1.165, 1.54) is 0 Å². The largest absolute Gasteiger partial charge is 0.351 e. The van der Waals surface area contributed by atoms with E-state index in [0.717, 1.165) is 22.1 Å². The lowest BCUT2D eigenvalue weighted by molar-refractivity contribution is 0.0948. The summed E-state index contributed by atoms with van der Waals surface area (Å²) in [5, 5.41) is 5.89. The number of nitrogens with zero attached hydrogens (tertiary/aromatic N) is 2. The molecule has 0 aliphatic heterocycles. The van der Waals surface area contributed by atoms with Gasteiger partial charge in [-0.3, -0.25) is 4.79 Å². The van der Waals surface area contributed by atoms with Crippen LogP contribution in [0.25, 0.3) is 0 Å². The summed E-state index contributed by atoms with van der Waals surface area (Å²) in [6, 6.07) is 7.53. The van der Waals surface area contributed by atoms with Crippen LogP contribution in [0.3, 0.4) is 0 Å². The van der Waals surface area contributed by atoms with Gasteiger partial charge < -0.3 is 10.6 Å². The molecule has 0 fully saturated rings. The number of nitrogens with one attached hydrogen (secondary N) is 2. The van der Waals surface area contributed by atoms with Gasteiger partial charge in [-0.25, -0.2) is 9.97 Å². The van der Waals surface area contributed by atoms with Gasteiger partial charge in [-0.05, 0) is 53.0 Å². The van der Waals surface area contributed by atoms with Crippen LogP contribution in [-0.4, -0.2) is 22.4 Å². The standard InChI is InChI=1S/C15H17BrN4O/c1-3-7-17-14(21)13-6-8-18-15(20-13)19-12-5-4-10(2)9-11(12)16/h4-6,8-9H,3,7H2,1-2H3,(H,17,21)(H,18,19,20). The van der Waals surface area contributed by atoms with Crippen LogP contribution in [0.4, 0.5) is 11.6 Å². The topological polar surface area (TPSA) is 66.9 Å². The van der Waals surface area contributed by atoms with E-state index in [4.69, 9.17) is 0 Å². The third-order valence-corrected chi connectivity index (χ3v) is 3.45. The van der Waals surface area contributed by atoms with Crippen LogP contribution in [0.15, 0.2) is 34.9 Å². The number of aromatic nitrogens is 2. The molecule has 2 N–H and O–H groups in total. The predicted molar refractivity (Wildman–Crippen MR) is 86.8 cm³/mol. The minimum atomic E-state index is -0.190. The van der Waals surface area contributed by atoms with E-state index in [1.54, 1.807) is 12.3 Å². The zero-order chi connectivity index (χ0) is 15.2. The molecule has 2 aromatic rings. The van der Waals surface area contributed by atoms with E-state index in [-0.39, 0.29) is 5.91 Å². The van der Waals surface area contributed by atoms with Crippen molar-refractivity contribution in [3.05, 3.63) is 46.2 Å². The van der Waals surface area contributed by atoms with Crippen molar-refractivity contribution in [3.63, 3.8) is 0 Å². The van der Waals surface area contributed by atoms with Gasteiger partial charge in [0.2, 0.25) is 5.95 Å². The summed E-state index contributed by atoms with van der Waals surface area (Å²) in [6.45, 7) is 4.65. The van der Waals surface area contributed by atoms with Gasteiger partial charge in [-0.1, -0.05) is 13.0 Å². The molecule has 1 amide bonds. The van der Waals surface area contributed by atoms with Crippen molar-refractivity contribution in [3.8, 4) is 0 Å². The monoisotopic (exact) mass is 348 g/mol. The molecule has 6 heteroatoms. The van der Waals surface area contributed by atoms with Crippen molar-refractivity contribution in [2.75, 3.05) is 11.9 Å². The summed E-state index contributed by atoms with van der Waals surface area (Å²) in [5.41, 5.74) is 2.36. The highest BCUT2D eigenvalue weighted by molar-refractivity contribution is 9.10. The van der Waals surface area contributed by atoms with Crippen LogP contribution in [0, 0.1) is 6.92 Å². The first kappa shape index (κ1) is 15.4. The number of carbonyl (C=O) groups is 1. The molecule has 1 aromatic carbocycles. The molecule has 0 atom stereocenters. The van der Waals surface area contributed by atoms with Crippen LogP contribution >= 0.6 is 15.9 Å². The molecule has 0 aliphatic carbocycles. The van der Waals surface area contributed by atoms with Gasteiger partial charge in [0.15, 0.2) is 0 Å². The van der Waals surface area contributed by atoms with Crippen molar-refractivity contribution in [1.29, 1.82) is 0 Å². The molecule has 0 spiro atoms. The van der Waals surface area contributed by atoms with Gasteiger partial charge in [-0.2, -0.15) is 0 Å². The molecule has 5 nitrogen and oxygen atoms in total. The summed E-state index contributed by atoms with van der Waals surface area (Å²) < 4.78 is 0.923. The Morgan fingerprint density at radius 3 is 2.86 bits per heavy atom. The number of amides is 1. The van der Waals surface area contributed by atoms with Crippen LogP contribution in [-0.2, 0) is 0 Å². The summed E-state index contributed by atoms with van der Waals surface area (Å²) in [5.74, 6) is 0.203. The van der Waals surface area contributed by atoms with Gasteiger partial charge in [0.25, 0.3) is 5.91 Å². The van der Waals surface area contributed by atoms with E-state index in [1.807, 2.05) is 32.0 Å². The van der Waals surface area contributed by atoms with Gasteiger partial charge in [0.05, 0.1) is 5.69 Å². The molecule has 0 bridgehead atoms. The smallest absolute Gasteiger partial charge is 0.270 e. The third-order valence-electron chi connectivity index (χ3n) is 2.79. The fourth-order valence-corrected chi connectivity index (χ4v) is 2.31. The molecular weight excluding hydrogens is 332 g/mol. The average Bonchev–Trinajstić information content (AvgIpc) is 2.48. The Bertz CT molecular complexity index is 645. The van der Waals surface area contributed by atoms with Crippen molar-refractivity contribution in [1.82, 2.24) is 15.3 Å². The Labute approximate surface area is 132 Å². The highest BCUT2D eigenvalue weighted by atomic mass is 79.9. The first-order chi connectivity index (χ1) is 10.1. The van der Waals surface area contributed by atoms with Crippen molar-refractivity contribution < 1.29 is 4.79 Å². The van der Waals surface area contributed by atoms with Crippen LogP contribution in [0.2, 0.25) is 0 Å². The van der Waals surface area contributed by atoms with Gasteiger partial charge in [0.1, 0.15) is 5.69 Å². The first-order valence-electron chi connectivity index (χ1n) is 6.74. The van der Waals surface area contributed by atoms with Gasteiger partial charge in [0, 0.05) is 17.2 Å². The maximum absolute atomic E-state index is 11.9. The molecule has 0 unspecified atom stereocenters. The second-order valence-corrected chi connectivity index (χ2v) is 5.48. The molecule has 0 aliphatic rings. The number of rotatable bonds is 5. The van der Waals surface area contributed by atoms with E-state index in [9.17, 15) is 4.79 Å². The van der Waals surface area contributed by atoms with Crippen molar-refractivity contribution in [2.45, 2.75) is 20.3 Å². The minimum Gasteiger partial charge on any atom is -0.351 e. The average molecular weight is 349 g/mol. The Morgan fingerprint density at radius 2 is 2.14 bits per heavy atom. The number of halogens is 1. The fraction of sp³-hybridized carbons (Fsp3) is 0.267. The summed E-state index contributed by atoms with van der Waals surface area (Å²) in [6.07, 6.45) is 2.45. The Morgan fingerprint density at radius 1 is 1.33 bits per heavy atom. The van der Waals surface area contributed by atoms with E-state index >= 15 is 0 Å². The Hall–Kier alpha value is -1.95. The number of anilines is 2. The molecule has 1 aromatic heterocycles. The Balaban J connectivity index is 2.15. The number of hydrogen-bond donors (Lipinski definition) is 2. The van der Waals surface area contributed by atoms with Crippen LogP contribution < -0.4 is 10.6 Å². The highest BCUT2D eigenvalue weighted by Gasteiger charge is 2.09. The summed E-state index contributed by atoms with van der Waals surface area (Å²) >= 11 is 3.49. The van der Waals surface area contributed by atoms with Crippen molar-refractivity contribution >= 4 is 33.5 Å². The number of hydrogen-bond acceptors (Lipinski definition) is 4. The Kier molecular flexibility index (Phi) is 5.27. The summed E-state index contributed by atoms with van der Waals surface area (Å²) in [7, 11) is 0. The third kappa shape index (κ3) is 4.26. The lowest BCUT2D eigenvalue weighted by Crippen LogP contribution is -2.25. The molecule has 21 heavy (non-hydrogen) atoms. The predicted octanol–water partition coefficient (Wildman–Crippen LogP) is 3.43. The molecular formula is C15H17BrN4O. The number of carbonyl (C=O) groups excluding carboxylic acids is 1. The molecule has 0 saturated carbocycles. The van der Waals surface area contributed by atoms with Gasteiger partial charge in [-0.15, -0.1) is 0 Å². The zero-order valence-electron chi connectivity index (χ0n) is 12.0. The number of benzene rings is 1. The highest BCUT2D eigenvalue weighted by Crippen LogP contribution is 2.25. The minimum absolute atomic E-state index is 0.190. The maximum atomic E-state index is 11.9. The van der Waals surface area contributed by atoms with E-state index < -0.39 is 0 Å². The zero-order valence-corrected chi connectivity index (χ0v) is 13.6. The summed E-state index contributed by atoms with van der Waals surface area (Å²) in [4.78, 5) is 20.2. The van der Waals surface area contributed by atoms with Crippen molar-refractivity contribution in [2.24, 2.45) is 0 Å².